The molecule has 0 radical (unpaired) electrons. The molecule has 0 bridgehead atoms. The van der Waals surface area contributed by atoms with Gasteiger partial charge in [0.1, 0.15) is 0 Å². The molecular formula is C7H8NO-. The van der Waals surface area contributed by atoms with Crippen molar-refractivity contribution in [2.75, 3.05) is 5.48 Å². The Morgan fingerprint density at radius 3 is 2.67 bits per heavy atom. The van der Waals surface area contributed by atoms with Gasteiger partial charge in [-0.25, -0.2) is 0 Å². The maximum absolute atomic E-state index is 10.0. The minimum atomic E-state index is 0.620. The van der Waals surface area contributed by atoms with Gasteiger partial charge in [-0.3, -0.25) is 0 Å². The van der Waals surface area contributed by atoms with E-state index >= 15 is 0 Å². The van der Waals surface area contributed by atoms with Gasteiger partial charge in [0.05, 0.1) is 0 Å². The van der Waals surface area contributed by atoms with Crippen molar-refractivity contribution in [1.29, 1.82) is 0 Å². The summed E-state index contributed by atoms with van der Waals surface area (Å²) in [7, 11) is 0. The lowest BCUT2D eigenvalue weighted by molar-refractivity contribution is 1.46. The summed E-state index contributed by atoms with van der Waals surface area (Å²) in [4.78, 5) is 0. The molecule has 9 heavy (non-hydrogen) atoms. The first-order chi connectivity index (χ1) is 4.33. The molecule has 0 aliphatic carbocycles. The molecule has 0 fully saturated rings. The van der Waals surface area contributed by atoms with Crippen LogP contribution in [-0.2, 0) is 0 Å². The molecule has 0 saturated carbocycles. The van der Waals surface area contributed by atoms with Gasteiger partial charge in [0.2, 0.25) is 0 Å². The Morgan fingerprint density at radius 1 is 1.44 bits per heavy atom. The smallest absolute Gasteiger partial charge is 0.0235 e. The van der Waals surface area contributed by atoms with Crippen molar-refractivity contribution in [3.63, 3.8) is 0 Å². The van der Waals surface area contributed by atoms with E-state index in [0.29, 0.717) is 5.69 Å². The summed E-state index contributed by atoms with van der Waals surface area (Å²) in [6, 6.07) is 7.32. The van der Waals surface area contributed by atoms with Crippen molar-refractivity contribution in [2.45, 2.75) is 6.92 Å². The summed E-state index contributed by atoms with van der Waals surface area (Å²) in [5.41, 5.74) is 3.53. The highest BCUT2D eigenvalue weighted by Crippen LogP contribution is 2.07. The number of aryl methyl sites for hydroxylation is 1. The highest BCUT2D eigenvalue weighted by molar-refractivity contribution is 5.45. The molecule has 0 aliphatic heterocycles. The largest absolute Gasteiger partial charge is 0.761 e. The van der Waals surface area contributed by atoms with Gasteiger partial charge in [-0.2, -0.15) is 0 Å². The second-order valence-corrected chi connectivity index (χ2v) is 1.97. The Hall–Kier alpha value is -1.02. The summed E-state index contributed by atoms with van der Waals surface area (Å²) in [6.45, 7) is 1.95. The molecule has 0 amide bonds. The summed E-state index contributed by atoms with van der Waals surface area (Å²) in [5.74, 6) is 0. The lowest BCUT2D eigenvalue weighted by Gasteiger charge is -2.08. The summed E-state index contributed by atoms with van der Waals surface area (Å²) >= 11 is 0. The fourth-order valence-corrected chi connectivity index (χ4v) is 0.709. The molecule has 2 heteroatoms. The van der Waals surface area contributed by atoms with Gasteiger partial charge in [0, 0.05) is 5.69 Å². The van der Waals surface area contributed by atoms with E-state index in [2.05, 4.69) is 0 Å². The molecule has 0 atom stereocenters. The van der Waals surface area contributed by atoms with Crippen molar-refractivity contribution in [3.8, 4) is 0 Å². The van der Waals surface area contributed by atoms with Crippen LogP contribution in [-0.4, -0.2) is 0 Å². The van der Waals surface area contributed by atoms with Gasteiger partial charge in [0.25, 0.3) is 0 Å². The van der Waals surface area contributed by atoms with E-state index in [4.69, 9.17) is 0 Å². The predicted molar refractivity (Wildman–Crippen MR) is 38.2 cm³/mol. The molecule has 0 heterocycles. The highest BCUT2D eigenvalue weighted by atomic mass is 16.5. The fourth-order valence-electron chi connectivity index (χ4n) is 0.709. The SMILES string of the molecule is Cc1cccc(N[O-])c1. The van der Waals surface area contributed by atoms with E-state index < -0.39 is 0 Å². The molecule has 0 aromatic heterocycles. The first-order valence-electron chi connectivity index (χ1n) is 2.78. The number of anilines is 1. The van der Waals surface area contributed by atoms with Crippen LogP contribution >= 0.6 is 0 Å². The van der Waals surface area contributed by atoms with E-state index in [-0.39, 0.29) is 0 Å². The van der Waals surface area contributed by atoms with Gasteiger partial charge in [-0.05, 0) is 24.6 Å². The number of hydrogen-bond donors (Lipinski definition) is 1. The molecule has 0 saturated heterocycles. The topological polar surface area (TPSA) is 35.1 Å². The van der Waals surface area contributed by atoms with Crippen LogP contribution in [0.1, 0.15) is 5.56 Å². The van der Waals surface area contributed by atoms with Crippen molar-refractivity contribution in [2.24, 2.45) is 0 Å². The molecular weight excluding hydrogens is 114 g/mol. The third kappa shape index (κ3) is 1.44. The molecule has 0 spiro atoms. The van der Waals surface area contributed by atoms with Crippen LogP contribution in [0.5, 0.6) is 0 Å². The molecule has 2 nitrogen and oxygen atoms in total. The average molecular weight is 122 g/mol. The van der Waals surface area contributed by atoms with E-state index in [1.807, 2.05) is 24.5 Å². The second kappa shape index (κ2) is 2.51. The number of benzene rings is 1. The maximum Gasteiger partial charge on any atom is 0.0235 e. The molecule has 0 unspecified atom stereocenters. The molecule has 1 aromatic carbocycles. The quantitative estimate of drug-likeness (QED) is 0.577. The Bertz CT molecular complexity index is 198. The lowest BCUT2D eigenvalue weighted by atomic mass is 10.2. The Balaban J connectivity index is 2.94. The van der Waals surface area contributed by atoms with E-state index in [9.17, 15) is 5.21 Å². The summed E-state index contributed by atoms with van der Waals surface area (Å²) in [5, 5.41) is 10.0. The number of hydrogen-bond acceptors (Lipinski definition) is 2. The first kappa shape index (κ1) is 6.11. The van der Waals surface area contributed by atoms with Gasteiger partial charge >= 0.3 is 0 Å². The van der Waals surface area contributed by atoms with Gasteiger partial charge < -0.3 is 10.7 Å². The summed E-state index contributed by atoms with van der Waals surface area (Å²) < 4.78 is 0. The first-order valence-corrected chi connectivity index (χ1v) is 2.78. The zero-order chi connectivity index (χ0) is 6.69. The zero-order valence-electron chi connectivity index (χ0n) is 5.22. The molecule has 1 aromatic rings. The lowest BCUT2D eigenvalue weighted by Crippen LogP contribution is -1.83. The Kier molecular flexibility index (Phi) is 1.70. The summed E-state index contributed by atoms with van der Waals surface area (Å²) in [6.07, 6.45) is 0. The Morgan fingerprint density at radius 2 is 2.22 bits per heavy atom. The second-order valence-electron chi connectivity index (χ2n) is 1.97. The number of rotatable bonds is 1. The van der Waals surface area contributed by atoms with Crippen LogP contribution in [0.4, 0.5) is 5.69 Å². The van der Waals surface area contributed by atoms with E-state index in [1.165, 1.54) is 0 Å². The minimum absolute atomic E-state index is 0.620. The molecule has 1 N–H and O–H groups in total. The van der Waals surface area contributed by atoms with Crippen LogP contribution in [0.25, 0.3) is 0 Å². The Labute approximate surface area is 54.1 Å². The van der Waals surface area contributed by atoms with E-state index in [0.717, 1.165) is 5.56 Å². The monoisotopic (exact) mass is 122 g/mol. The predicted octanol–water partition coefficient (Wildman–Crippen LogP) is 1.90. The molecule has 0 aliphatic rings. The van der Waals surface area contributed by atoms with Crippen LogP contribution in [0.15, 0.2) is 24.3 Å². The average Bonchev–Trinajstić information content (AvgIpc) is 1.88. The fraction of sp³-hybridized carbons (Fsp3) is 0.143. The van der Waals surface area contributed by atoms with Gasteiger partial charge in [-0.1, -0.05) is 12.1 Å². The van der Waals surface area contributed by atoms with Crippen molar-refractivity contribution in [1.82, 2.24) is 0 Å². The highest BCUT2D eigenvalue weighted by Gasteiger charge is 1.82. The maximum atomic E-state index is 10.0. The van der Waals surface area contributed by atoms with Gasteiger partial charge in [0.15, 0.2) is 0 Å². The van der Waals surface area contributed by atoms with Crippen LogP contribution < -0.4 is 5.48 Å². The standard InChI is InChI=1S/C7H8NO/c1-6-3-2-4-7(5-6)8-9/h2-5,8H,1H3/q-1. The van der Waals surface area contributed by atoms with Crippen LogP contribution in [0, 0.1) is 12.1 Å². The van der Waals surface area contributed by atoms with Gasteiger partial charge in [-0.15, -0.1) is 0 Å². The van der Waals surface area contributed by atoms with Crippen LogP contribution in [0.3, 0.4) is 0 Å². The minimum Gasteiger partial charge on any atom is -0.761 e. The molecule has 48 valence electrons. The van der Waals surface area contributed by atoms with E-state index in [1.54, 1.807) is 12.1 Å². The third-order valence-electron chi connectivity index (χ3n) is 1.14. The zero-order valence-corrected chi connectivity index (χ0v) is 5.22. The third-order valence-corrected chi connectivity index (χ3v) is 1.14. The van der Waals surface area contributed by atoms with Crippen molar-refractivity contribution < 1.29 is 0 Å². The van der Waals surface area contributed by atoms with Crippen molar-refractivity contribution in [3.05, 3.63) is 35.0 Å². The normalized spacial score (nSPS) is 9.11. The molecule has 1 rings (SSSR count). The van der Waals surface area contributed by atoms with Crippen LogP contribution in [0.2, 0.25) is 0 Å². The van der Waals surface area contributed by atoms with Crippen molar-refractivity contribution >= 4 is 5.69 Å². The number of nitrogens with one attached hydrogen (secondary N) is 1.